The molecule has 0 unspecified atom stereocenters. The highest BCUT2D eigenvalue weighted by Gasteiger charge is 2.17. The molecule has 3 rings (SSSR count). The van der Waals surface area contributed by atoms with Gasteiger partial charge in [0.25, 0.3) is 5.91 Å². The molecule has 1 amide bonds. The lowest BCUT2D eigenvalue weighted by atomic mass is 9.87. The number of likely N-dealkylation sites (N-methyl/N-ethyl adjacent to an activating group) is 1. The molecule has 1 aliphatic rings. The number of nitrogens with zero attached hydrogens (tertiary/aromatic N) is 2. The third-order valence-electron chi connectivity index (χ3n) is 6.17. The standard InChI is InChI=1S/C17H20.C14H18N2O2.C3H8.C2H6/c1-3-17(16-12-8-5-9-13-16)14(2)15-10-6-4-7-11-15;1-5-16(4)14(17)13(10(2)3)11-6-8-12(15-18)9-7-11;1-3-2;1-2/h3,5,8-10,12-13H,2,4,6-7,11H2,1H3;6-9H,5H2,1-4H3;3H2,1-2H3;1-2H3/b17-3+;;;. The molecule has 0 N–H and O–H groups in total. The summed E-state index contributed by atoms with van der Waals surface area (Å²) in [6, 6.07) is 17.3. The number of carbonyl (C=O) groups excluding carboxylic acids is 1. The van der Waals surface area contributed by atoms with Gasteiger partial charge >= 0.3 is 0 Å². The fourth-order valence-corrected chi connectivity index (χ4v) is 4.07. The van der Waals surface area contributed by atoms with Gasteiger partial charge in [-0.05, 0) is 98.5 Å². The Morgan fingerprint density at radius 3 is 1.95 bits per heavy atom. The van der Waals surface area contributed by atoms with Crippen molar-refractivity contribution in [1.29, 1.82) is 0 Å². The number of rotatable bonds is 7. The Kier molecular flexibility index (Phi) is 19.4. The summed E-state index contributed by atoms with van der Waals surface area (Å²) >= 11 is 0. The SMILES string of the molecule is C=C(C1=CCCCC1)/C(=C\C)c1ccccc1.CC.CCC.CCN(C)C(=O)C(=C(C)C)c1ccc(N=O)cc1. The zero-order chi connectivity index (χ0) is 30.5. The minimum absolute atomic E-state index is 0.00990. The van der Waals surface area contributed by atoms with Crippen LogP contribution in [-0.2, 0) is 4.79 Å². The van der Waals surface area contributed by atoms with Gasteiger partial charge in [-0.3, -0.25) is 4.79 Å². The molecule has 40 heavy (non-hydrogen) atoms. The first-order valence-corrected chi connectivity index (χ1v) is 14.7. The van der Waals surface area contributed by atoms with Crippen molar-refractivity contribution in [2.45, 2.75) is 87.5 Å². The maximum atomic E-state index is 12.3. The van der Waals surface area contributed by atoms with E-state index in [-0.39, 0.29) is 5.91 Å². The van der Waals surface area contributed by atoms with E-state index in [1.54, 1.807) is 36.2 Å². The predicted molar refractivity (Wildman–Crippen MR) is 177 cm³/mol. The van der Waals surface area contributed by atoms with E-state index in [2.05, 4.69) is 75.0 Å². The van der Waals surface area contributed by atoms with Gasteiger partial charge in [-0.2, -0.15) is 0 Å². The summed E-state index contributed by atoms with van der Waals surface area (Å²) in [5.41, 5.74) is 8.00. The highest BCUT2D eigenvalue weighted by molar-refractivity contribution is 6.20. The second-order valence-corrected chi connectivity index (χ2v) is 9.56. The van der Waals surface area contributed by atoms with E-state index in [9.17, 15) is 9.70 Å². The van der Waals surface area contributed by atoms with Crippen LogP contribution in [0.15, 0.2) is 95.2 Å². The molecule has 4 heteroatoms. The smallest absolute Gasteiger partial charge is 0.254 e. The fourth-order valence-electron chi connectivity index (χ4n) is 4.07. The van der Waals surface area contributed by atoms with Crippen molar-refractivity contribution in [3.05, 3.63) is 106 Å². The van der Waals surface area contributed by atoms with Gasteiger partial charge in [-0.15, -0.1) is 4.91 Å². The molecule has 0 bridgehead atoms. The molecule has 1 aliphatic carbocycles. The van der Waals surface area contributed by atoms with E-state index in [0.29, 0.717) is 17.8 Å². The number of nitroso groups, excluding NO2 is 1. The number of allylic oxidation sites excluding steroid dienone is 6. The molecule has 2 aromatic carbocycles. The summed E-state index contributed by atoms with van der Waals surface area (Å²) < 4.78 is 0. The topological polar surface area (TPSA) is 49.7 Å². The average molecular weight is 545 g/mol. The van der Waals surface area contributed by atoms with Crippen LogP contribution in [-0.4, -0.2) is 24.4 Å². The van der Waals surface area contributed by atoms with Crippen molar-refractivity contribution >= 4 is 22.7 Å². The number of amides is 1. The fraction of sp³-hybridized carbons (Fsp3) is 0.417. The van der Waals surface area contributed by atoms with Crippen LogP contribution in [0, 0.1) is 4.91 Å². The minimum atomic E-state index is -0.00990. The van der Waals surface area contributed by atoms with Crippen LogP contribution in [0.5, 0.6) is 0 Å². The molecule has 0 heterocycles. The Hall–Kier alpha value is -3.53. The maximum absolute atomic E-state index is 12.3. The molecule has 0 spiro atoms. The predicted octanol–water partition coefficient (Wildman–Crippen LogP) is 10.9. The Morgan fingerprint density at radius 2 is 1.52 bits per heavy atom. The van der Waals surface area contributed by atoms with Gasteiger partial charge in [0.1, 0.15) is 5.69 Å². The molecule has 0 saturated heterocycles. The van der Waals surface area contributed by atoms with Crippen molar-refractivity contribution in [2.24, 2.45) is 5.18 Å². The van der Waals surface area contributed by atoms with Gasteiger partial charge in [0.15, 0.2) is 0 Å². The molecule has 0 aliphatic heterocycles. The second kappa shape index (κ2) is 21.3. The van der Waals surface area contributed by atoms with Crippen LogP contribution in [0.3, 0.4) is 0 Å². The van der Waals surface area contributed by atoms with E-state index >= 15 is 0 Å². The molecular weight excluding hydrogens is 492 g/mol. The first kappa shape index (κ1) is 36.5. The number of hydrogen-bond donors (Lipinski definition) is 0. The monoisotopic (exact) mass is 544 g/mol. The van der Waals surface area contributed by atoms with Crippen molar-refractivity contribution in [3.8, 4) is 0 Å². The molecule has 0 radical (unpaired) electrons. The normalized spacial score (nSPS) is 12.0. The summed E-state index contributed by atoms with van der Waals surface area (Å²) in [4.78, 5) is 24.3. The molecule has 4 nitrogen and oxygen atoms in total. The van der Waals surface area contributed by atoms with Gasteiger partial charge in [0.2, 0.25) is 0 Å². The van der Waals surface area contributed by atoms with Crippen molar-refractivity contribution in [1.82, 2.24) is 4.90 Å². The summed E-state index contributed by atoms with van der Waals surface area (Å²) in [6.07, 6.45) is 10.8. The van der Waals surface area contributed by atoms with Crippen LogP contribution in [0.4, 0.5) is 5.69 Å². The average Bonchev–Trinajstić information content (AvgIpc) is 3.00. The Labute approximate surface area is 244 Å². The summed E-state index contributed by atoms with van der Waals surface area (Å²) in [5.74, 6) is -0.00990. The molecule has 218 valence electrons. The summed E-state index contributed by atoms with van der Waals surface area (Å²) in [7, 11) is 1.77. The third kappa shape index (κ3) is 12.1. The van der Waals surface area contributed by atoms with Crippen molar-refractivity contribution < 1.29 is 4.79 Å². The zero-order valence-corrected chi connectivity index (χ0v) is 26.5. The Morgan fingerprint density at radius 1 is 0.950 bits per heavy atom. The van der Waals surface area contributed by atoms with E-state index < -0.39 is 0 Å². The van der Waals surface area contributed by atoms with Crippen molar-refractivity contribution in [2.75, 3.05) is 13.6 Å². The van der Waals surface area contributed by atoms with E-state index in [1.807, 2.05) is 34.6 Å². The molecule has 0 atom stereocenters. The largest absolute Gasteiger partial charge is 0.342 e. The van der Waals surface area contributed by atoms with Crippen LogP contribution < -0.4 is 0 Å². The number of benzene rings is 2. The van der Waals surface area contributed by atoms with E-state index in [0.717, 1.165) is 11.1 Å². The second-order valence-electron chi connectivity index (χ2n) is 9.56. The van der Waals surface area contributed by atoms with E-state index in [1.165, 1.54) is 54.4 Å². The first-order chi connectivity index (χ1) is 19.2. The minimum Gasteiger partial charge on any atom is -0.342 e. The van der Waals surface area contributed by atoms with Crippen LogP contribution in [0.25, 0.3) is 11.1 Å². The van der Waals surface area contributed by atoms with Crippen LogP contribution in [0.1, 0.15) is 98.6 Å². The van der Waals surface area contributed by atoms with Gasteiger partial charge in [0.05, 0.1) is 0 Å². The van der Waals surface area contributed by atoms with Crippen LogP contribution >= 0.6 is 0 Å². The first-order valence-electron chi connectivity index (χ1n) is 14.7. The quantitative estimate of drug-likeness (QED) is 0.198. The molecule has 2 aromatic rings. The lowest BCUT2D eigenvalue weighted by Gasteiger charge is -2.18. The highest BCUT2D eigenvalue weighted by atomic mass is 16.3. The highest BCUT2D eigenvalue weighted by Crippen LogP contribution is 2.32. The van der Waals surface area contributed by atoms with Gasteiger partial charge in [0, 0.05) is 19.2 Å². The lowest BCUT2D eigenvalue weighted by molar-refractivity contribution is -0.123. The van der Waals surface area contributed by atoms with Gasteiger partial charge < -0.3 is 4.90 Å². The molecule has 0 saturated carbocycles. The third-order valence-corrected chi connectivity index (χ3v) is 6.17. The van der Waals surface area contributed by atoms with Gasteiger partial charge in [-0.1, -0.05) is 101 Å². The van der Waals surface area contributed by atoms with Crippen LogP contribution in [0.2, 0.25) is 0 Å². The Balaban J connectivity index is 0.000000656. The zero-order valence-electron chi connectivity index (χ0n) is 26.5. The van der Waals surface area contributed by atoms with E-state index in [4.69, 9.17) is 0 Å². The maximum Gasteiger partial charge on any atom is 0.254 e. The lowest BCUT2D eigenvalue weighted by Crippen LogP contribution is -2.27. The van der Waals surface area contributed by atoms with Gasteiger partial charge in [-0.25, -0.2) is 0 Å². The molecule has 0 aromatic heterocycles. The van der Waals surface area contributed by atoms with Crippen molar-refractivity contribution in [3.63, 3.8) is 0 Å². The number of hydrogen-bond acceptors (Lipinski definition) is 3. The molecule has 0 fully saturated rings. The summed E-state index contributed by atoms with van der Waals surface area (Å²) in [6.45, 7) is 21.0. The number of carbonyl (C=O) groups is 1. The molecular formula is C36H52N2O2. The Bertz CT molecular complexity index is 1120. The summed E-state index contributed by atoms with van der Waals surface area (Å²) in [5, 5.41) is 2.85.